The van der Waals surface area contributed by atoms with Gasteiger partial charge in [-0.15, -0.1) is 0 Å². The minimum Gasteiger partial charge on any atom is -0.478 e. The van der Waals surface area contributed by atoms with Gasteiger partial charge in [-0.25, -0.2) is 9.59 Å². The van der Waals surface area contributed by atoms with Crippen LogP contribution < -0.4 is 10.6 Å². The summed E-state index contributed by atoms with van der Waals surface area (Å²) in [6.07, 6.45) is 4.07. The molecule has 0 bridgehead atoms. The summed E-state index contributed by atoms with van der Waals surface area (Å²) >= 11 is 0. The number of pyridine rings is 1. The van der Waals surface area contributed by atoms with Crippen molar-refractivity contribution in [3.63, 3.8) is 0 Å². The van der Waals surface area contributed by atoms with E-state index in [1.807, 2.05) is 0 Å². The first-order valence-corrected chi connectivity index (χ1v) is 5.41. The number of hydrogen-bond acceptors (Lipinski definition) is 4. The van der Waals surface area contributed by atoms with Crippen molar-refractivity contribution in [1.82, 2.24) is 10.3 Å². The molecule has 7 nitrogen and oxygen atoms in total. The Morgan fingerprint density at radius 1 is 1.37 bits per heavy atom. The van der Waals surface area contributed by atoms with Crippen LogP contribution in [0, 0.1) is 0 Å². The van der Waals surface area contributed by atoms with E-state index < -0.39 is 12.0 Å². The Labute approximate surface area is 108 Å². The number of anilines is 1. The quantitative estimate of drug-likeness (QED) is 0.776. The lowest BCUT2D eigenvalue weighted by atomic mass is 10.3. The van der Waals surface area contributed by atoms with Crippen LogP contribution in [0.4, 0.5) is 10.5 Å². The molecule has 2 amide bonds. The highest BCUT2D eigenvalue weighted by Crippen LogP contribution is 2.08. The number of amides is 2. The van der Waals surface area contributed by atoms with Gasteiger partial charge < -0.3 is 20.2 Å². The van der Waals surface area contributed by atoms with E-state index in [4.69, 9.17) is 9.52 Å². The van der Waals surface area contributed by atoms with Gasteiger partial charge in [0.15, 0.2) is 0 Å². The molecule has 19 heavy (non-hydrogen) atoms. The van der Waals surface area contributed by atoms with Crippen LogP contribution in [0.25, 0.3) is 0 Å². The Balaban J connectivity index is 1.91. The molecule has 0 radical (unpaired) electrons. The Hall–Kier alpha value is -2.83. The highest BCUT2D eigenvalue weighted by atomic mass is 16.4. The van der Waals surface area contributed by atoms with E-state index in [2.05, 4.69) is 15.6 Å². The molecule has 0 aromatic carbocycles. The average molecular weight is 261 g/mol. The van der Waals surface area contributed by atoms with Gasteiger partial charge in [0.05, 0.1) is 30.3 Å². The Morgan fingerprint density at radius 2 is 2.21 bits per heavy atom. The number of nitrogens with one attached hydrogen (secondary N) is 2. The molecule has 2 aromatic rings. The molecule has 0 atom stereocenters. The van der Waals surface area contributed by atoms with E-state index in [0.717, 1.165) is 0 Å². The molecule has 0 saturated heterocycles. The Bertz CT molecular complexity index is 580. The van der Waals surface area contributed by atoms with Gasteiger partial charge in [0.2, 0.25) is 0 Å². The van der Waals surface area contributed by atoms with Crippen molar-refractivity contribution in [2.24, 2.45) is 0 Å². The first-order chi connectivity index (χ1) is 9.15. The van der Waals surface area contributed by atoms with Gasteiger partial charge >= 0.3 is 12.0 Å². The lowest BCUT2D eigenvalue weighted by Gasteiger charge is -2.06. The normalized spacial score (nSPS) is 9.89. The van der Waals surface area contributed by atoms with E-state index in [-0.39, 0.29) is 12.1 Å². The molecular formula is C12H11N3O4. The monoisotopic (exact) mass is 261 g/mol. The molecule has 98 valence electrons. The van der Waals surface area contributed by atoms with Crippen molar-refractivity contribution >= 4 is 17.7 Å². The van der Waals surface area contributed by atoms with E-state index in [1.54, 1.807) is 12.1 Å². The van der Waals surface area contributed by atoms with Crippen LogP contribution in [0.15, 0.2) is 41.3 Å². The van der Waals surface area contributed by atoms with Crippen LogP contribution in [-0.2, 0) is 6.54 Å². The van der Waals surface area contributed by atoms with Crippen LogP contribution in [-0.4, -0.2) is 22.1 Å². The second-order valence-electron chi connectivity index (χ2n) is 3.65. The Morgan fingerprint density at radius 3 is 2.89 bits per heavy atom. The summed E-state index contributed by atoms with van der Waals surface area (Å²) in [5, 5.41) is 13.8. The Kier molecular flexibility index (Phi) is 3.77. The van der Waals surface area contributed by atoms with Crippen LogP contribution in [0.3, 0.4) is 0 Å². The van der Waals surface area contributed by atoms with Gasteiger partial charge in [-0.05, 0) is 18.2 Å². The molecule has 3 N–H and O–H groups in total. The highest BCUT2D eigenvalue weighted by Gasteiger charge is 2.07. The zero-order valence-electron chi connectivity index (χ0n) is 9.79. The third kappa shape index (κ3) is 3.56. The van der Waals surface area contributed by atoms with Gasteiger partial charge in [0.25, 0.3) is 0 Å². The standard InChI is InChI=1S/C12H11N3O4/c16-11(17)8-4-9(6-13-5-8)15-12(18)14-7-10-2-1-3-19-10/h1-6H,7H2,(H,16,17)(H2,14,15,18). The van der Waals surface area contributed by atoms with Gasteiger partial charge in [0.1, 0.15) is 5.76 Å². The number of furan rings is 1. The van der Waals surface area contributed by atoms with Gasteiger partial charge in [-0.2, -0.15) is 0 Å². The van der Waals surface area contributed by atoms with Crippen molar-refractivity contribution in [1.29, 1.82) is 0 Å². The van der Waals surface area contributed by atoms with Crippen molar-refractivity contribution in [2.45, 2.75) is 6.54 Å². The fraction of sp³-hybridized carbons (Fsp3) is 0.0833. The van der Waals surface area contributed by atoms with Crippen molar-refractivity contribution in [2.75, 3.05) is 5.32 Å². The number of rotatable bonds is 4. The molecule has 0 aliphatic carbocycles. The molecule has 0 saturated carbocycles. The third-order valence-corrected chi connectivity index (χ3v) is 2.25. The number of hydrogen-bond donors (Lipinski definition) is 3. The van der Waals surface area contributed by atoms with Crippen LogP contribution in [0.2, 0.25) is 0 Å². The van der Waals surface area contributed by atoms with Crippen molar-refractivity contribution in [3.05, 3.63) is 48.2 Å². The number of carbonyl (C=O) groups is 2. The summed E-state index contributed by atoms with van der Waals surface area (Å²) in [6, 6.07) is 4.30. The largest absolute Gasteiger partial charge is 0.478 e. The van der Waals surface area contributed by atoms with Gasteiger partial charge in [-0.3, -0.25) is 4.98 Å². The zero-order valence-corrected chi connectivity index (χ0v) is 9.79. The summed E-state index contributed by atoms with van der Waals surface area (Å²) in [7, 11) is 0. The van der Waals surface area contributed by atoms with E-state index in [1.165, 1.54) is 24.7 Å². The molecule has 0 aliphatic heterocycles. The van der Waals surface area contributed by atoms with Crippen molar-refractivity contribution < 1.29 is 19.1 Å². The van der Waals surface area contributed by atoms with E-state index in [9.17, 15) is 9.59 Å². The molecule has 0 spiro atoms. The minimum atomic E-state index is -1.10. The van der Waals surface area contributed by atoms with Gasteiger partial charge in [-0.1, -0.05) is 0 Å². The lowest BCUT2D eigenvalue weighted by Crippen LogP contribution is -2.28. The second-order valence-corrected chi connectivity index (χ2v) is 3.65. The molecule has 0 unspecified atom stereocenters. The number of carbonyl (C=O) groups excluding carboxylic acids is 1. The maximum Gasteiger partial charge on any atom is 0.337 e. The first kappa shape index (κ1) is 12.6. The second kappa shape index (κ2) is 5.67. The molecule has 2 rings (SSSR count). The lowest BCUT2D eigenvalue weighted by molar-refractivity contribution is 0.0696. The third-order valence-electron chi connectivity index (χ3n) is 2.25. The summed E-state index contributed by atoms with van der Waals surface area (Å²) in [5.41, 5.74) is 0.306. The molecule has 0 fully saturated rings. The molecule has 7 heteroatoms. The summed E-state index contributed by atoms with van der Waals surface area (Å²) < 4.78 is 5.05. The van der Waals surface area contributed by atoms with Crippen LogP contribution in [0.1, 0.15) is 16.1 Å². The summed E-state index contributed by atoms with van der Waals surface area (Å²) in [4.78, 5) is 26.0. The minimum absolute atomic E-state index is 0.00355. The fourth-order valence-electron chi connectivity index (χ4n) is 1.38. The summed E-state index contributed by atoms with van der Waals surface area (Å²) in [6.45, 7) is 0.241. The summed E-state index contributed by atoms with van der Waals surface area (Å²) in [5.74, 6) is -0.486. The first-order valence-electron chi connectivity index (χ1n) is 5.41. The predicted molar refractivity (Wildman–Crippen MR) is 65.8 cm³/mol. The van der Waals surface area contributed by atoms with E-state index in [0.29, 0.717) is 11.4 Å². The zero-order chi connectivity index (χ0) is 13.7. The van der Waals surface area contributed by atoms with Crippen molar-refractivity contribution in [3.8, 4) is 0 Å². The maximum absolute atomic E-state index is 11.5. The topological polar surface area (TPSA) is 104 Å². The molecular weight excluding hydrogens is 250 g/mol. The number of aromatic nitrogens is 1. The predicted octanol–water partition coefficient (Wildman–Crippen LogP) is 1.69. The smallest absolute Gasteiger partial charge is 0.337 e. The number of urea groups is 1. The van der Waals surface area contributed by atoms with E-state index >= 15 is 0 Å². The number of nitrogens with zero attached hydrogens (tertiary/aromatic N) is 1. The molecule has 2 aromatic heterocycles. The number of carboxylic acid groups (broad SMARTS) is 1. The van der Waals surface area contributed by atoms with Crippen LogP contribution >= 0.6 is 0 Å². The highest BCUT2D eigenvalue weighted by molar-refractivity contribution is 5.92. The fourth-order valence-corrected chi connectivity index (χ4v) is 1.38. The molecule has 0 aliphatic rings. The number of carboxylic acids is 1. The average Bonchev–Trinajstić information content (AvgIpc) is 2.90. The van der Waals surface area contributed by atoms with Crippen LogP contribution in [0.5, 0.6) is 0 Å². The van der Waals surface area contributed by atoms with Gasteiger partial charge in [0, 0.05) is 6.20 Å². The SMILES string of the molecule is O=C(NCc1ccco1)Nc1cncc(C(=O)O)c1. The molecule has 2 heterocycles. The number of aromatic carboxylic acids is 1. The maximum atomic E-state index is 11.5.